The number of hydrogen-bond acceptors (Lipinski definition) is 3. The molecule has 1 aliphatic heterocycles. The highest BCUT2D eigenvalue weighted by atomic mass is 16.5. The summed E-state index contributed by atoms with van der Waals surface area (Å²) < 4.78 is 5.28. The van der Waals surface area contributed by atoms with Gasteiger partial charge in [0.2, 0.25) is 0 Å². The minimum absolute atomic E-state index is 0.0365. The lowest BCUT2D eigenvalue weighted by atomic mass is 10.1. The molecule has 3 N–H and O–H groups in total. The van der Waals surface area contributed by atoms with Crippen LogP contribution < -0.4 is 11.1 Å². The molecule has 1 aliphatic rings. The van der Waals surface area contributed by atoms with Crippen molar-refractivity contribution in [1.82, 2.24) is 10.2 Å². The van der Waals surface area contributed by atoms with Gasteiger partial charge in [0.1, 0.15) is 0 Å². The maximum Gasteiger partial charge on any atom is 0.317 e. The Morgan fingerprint density at radius 2 is 2.30 bits per heavy atom. The summed E-state index contributed by atoms with van der Waals surface area (Å²) in [6.45, 7) is 4.66. The molecule has 110 valence electrons. The van der Waals surface area contributed by atoms with Crippen LogP contribution in [0.3, 0.4) is 0 Å². The van der Waals surface area contributed by atoms with Crippen LogP contribution in [0.5, 0.6) is 0 Å². The summed E-state index contributed by atoms with van der Waals surface area (Å²) in [4.78, 5) is 14.1. The highest BCUT2D eigenvalue weighted by Crippen LogP contribution is 2.14. The van der Waals surface area contributed by atoms with E-state index in [1.165, 1.54) is 0 Å². The molecule has 20 heavy (non-hydrogen) atoms. The predicted octanol–water partition coefficient (Wildman–Crippen LogP) is 1.98. The van der Waals surface area contributed by atoms with Crippen LogP contribution in [0.4, 0.5) is 10.5 Å². The van der Waals surface area contributed by atoms with Crippen molar-refractivity contribution in [3.05, 3.63) is 29.8 Å². The molecule has 1 unspecified atom stereocenters. The lowest BCUT2D eigenvalue weighted by Gasteiger charge is -2.25. The second kappa shape index (κ2) is 7.14. The third-order valence-electron chi connectivity index (χ3n) is 3.45. The zero-order chi connectivity index (χ0) is 14.4. The van der Waals surface area contributed by atoms with E-state index in [9.17, 15) is 4.79 Å². The van der Waals surface area contributed by atoms with Crippen LogP contribution >= 0.6 is 0 Å². The topological polar surface area (TPSA) is 67.6 Å². The molecule has 5 nitrogen and oxygen atoms in total. The minimum Gasteiger partial charge on any atom is -0.398 e. The fourth-order valence-electron chi connectivity index (χ4n) is 2.32. The molecule has 0 radical (unpaired) electrons. The summed E-state index contributed by atoms with van der Waals surface area (Å²) >= 11 is 0. The van der Waals surface area contributed by atoms with E-state index < -0.39 is 0 Å². The molecular weight excluding hydrogens is 254 g/mol. The van der Waals surface area contributed by atoms with Gasteiger partial charge in [-0.3, -0.25) is 0 Å². The van der Waals surface area contributed by atoms with Gasteiger partial charge >= 0.3 is 6.03 Å². The van der Waals surface area contributed by atoms with Crippen LogP contribution in [0.15, 0.2) is 24.3 Å². The molecule has 1 aromatic rings. The van der Waals surface area contributed by atoms with E-state index in [1.807, 2.05) is 29.2 Å². The van der Waals surface area contributed by atoms with Crippen molar-refractivity contribution in [2.24, 2.45) is 0 Å². The van der Waals surface area contributed by atoms with Gasteiger partial charge in [0, 0.05) is 25.4 Å². The summed E-state index contributed by atoms with van der Waals surface area (Å²) in [7, 11) is 0. The number of rotatable bonds is 5. The first-order valence-electron chi connectivity index (χ1n) is 7.17. The molecule has 1 atom stereocenters. The summed E-state index contributed by atoms with van der Waals surface area (Å²) in [6.07, 6.45) is 1.81. The Labute approximate surface area is 120 Å². The molecule has 1 fully saturated rings. The van der Waals surface area contributed by atoms with Crippen molar-refractivity contribution in [1.29, 1.82) is 0 Å². The van der Waals surface area contributed by atoms with Gasteiger partial charge < -0.3 is 20.7 Å². The number of nitrogens with two attached hydrogens (primary N) is 1. The van der Waals surface area contributed by atoms with Crippen molar-refractivity contribution < 1.29 is 9.53 Å². The summed E-state index contributed by atoms with van der Waals surface area (Å²) in [6, 6.07) is 7.77. The van der Waals surface area contributed by atoms with E-state index in [4.69, 9.17) is 10.5 Å². The highest BCUT2D eigenvalue weighted by molar-refractivity contribution is 5.74. The first-order chi connectivity index (χ1) is 9.70. The first-order valence-corrected chi connectivity index (χ1v) is 7.17. The Kier molecular flexibility index (Phi) is 5.24. The van der Waals surface area contributed by atoms with E-state index >= 15 is 0 Å². The largest absolute Gasteiger partial charge is 0.398 e. The Balaban J connectivity index is 1.98. The Hall–Kier alpha value is -1.75. The van der Waals surface area contributed by atoms with Crippen LogP contribution in [0.1, 0.15) is 25.3 Å². The van der Waals surface area contributed by atoms with Crippen molar-refractivity contribution >= 4 is 11.7 Å². The zero-order valence-corrected chi connectivity index (χ0v) is 12.0. The lowest BCUT2D eigenvalue weighted by molar-refractivity contribution is 0.176. The average Bonchev–Trinajstić information content (AvgIpc) is 2.93. The quantitative estimate of drug-likeness (QED) is 0.809. The SMILES string of the molecule is CCCN(Cc1ccccc1N)C(=O)NC1CCOC1. The van der Waals surface area contributed by atoms with Crippen LogP contribution in [-0.4, -0.2) is 36.7 Å². The van der Waals surface area contributed by atoms with E-state index in [0.29, 0.717) is 19.7 Å². The van der Waals surface area contributed by atoms with Gasteiger partial charge in [-0.25, -0.2) is 4.79 Å². The average molecular weight is 277 g/mol. The molecule has 1 heterocycles. The molecule has 0 saturated carbocycles. The van der Waals surface area contributed by atoms with Crippen LogP contribution in [-0.2, 0) is 11.3 Å². The number of nitrogens with one attached hydrogen (secondary N) is 1. The normalized spacial score (nSPS) is 17.9. The number of nitrogen functional groups attached to an aromatic ring is 1. The maximum absolute atomic E-state index is 12.3. The van der Waals surface area contributed by atoms with Crippen molar-refractivity contribution in [2.75, 3.05) is 25.5 Å². The van der Waals surface area contributed by atoms with Gasteiger partial charge in [0.25, 0.3) is 0 Å². The van der Waals surface area contributed by atoms with Crippen molar-refractivity contribution in [3.63, 3.8) is 0 Å². The Morgan fingerprint density at radius 1 is 1.50 bits per heavy atom. The standard InChI is InChI=1S/C15H23N3O2/c1-2-8-18(10-12-5-3-4-6-14(12)16)15(19)17-13-7-9-20-11-13/h3-6,13H,2,7-11,16H2,1H3,(H,17,19). The van der Waals surface area contributed by atoms with Gasteiger partial charge in [0.05, 0.1) is 12.6 Å². The van der Waals surface area contributed by atoms with E-state index in [2.05, 4.69) is 12.2 Å². The van der Waals surface area contributed by atoms with E-state index in [-0.39, 0.29) is 12.1 Å². The predicted molar refractivity (Wildman–Crippen MR) is 79.3 cm³/mol. The van der Waals surface area contributed by atoms with Gasteiger partial charge in [-0.15, -0.1) is 0 Å². The van der Waals surface area contributed by atoms with Crippen LogP contribution in [0, 0.1) is 0 Å². The van der Waals surface area contributed by atoms with Crippen LogP contribution in [0.2, 0.25) is 0 Å². The monoisotopic (exact) mass is 277 g/mol. The Morgan fingerprint density at radius 3 is 2.95 bits per heavy atom. The number of amides is 2. The van der Waals surface area contributed by atoms with Gasteiger partial charge in [-0.2, -0.15) is 0 Å². The molecule has 5 heteroatoms. The van der Waals surface area contributed by atoms with E-state index in [0.717, 1.165) is 30.7 Å². The summed E-state index contributed by atoms with van der Waals surface area (Å²) in [5.74, 6) is 0. The molecule has 2 amide bonds. The number of benzene rings is 1. The molecule has 0 aliphatic carbocycles. The van der Waals surface area contributed by atoms with Crippen LogP contribution in [0.25, 0.3) is 0 Å². The summed E-state index contributed by atoms with van der Waals surface area (Å²) in [5.41, 5.74) is 7.66. The highest BCUT2D eigenvalue weighted by Gasteiger charge is 2.21. The second-order valence-electron chi connectivity index (χ2n) is 5.13. The first kappa shape index (κ1) is 14.7. The molecule has 0 spiro atoms. The molecule has 2 rings (SSSR count). The third kappa shape index (κ3) is 3.87. The Bertz CT molecular complexity index is 444. The number of carbonyl (C=O) groups is 1. The second-order valence-corrected chi connectivity index (χ2v) is 5.13. The van der Waals surface area contributed by atoms with E-state index in [1.54, 1.807) is 0 Å². The molecule has 0 aromatic heterocycles. The molecular formula is C15H23N3O2. The zero-order valence-electron chi connectivity index (χ0n) is 12.0. The number of ether oxygens (including phenoxy) is 1. The van der Waals surface area contributed by atoms with Gasteiger partial charge in [-0.1, -0.05) is 25.1 Å². The molecule has 0 bridgehead atoms. The number of nitrogens with zero attached hydrogens (tertiary/aromatic N) is 1. The molecule has 1 aromatic carbocycles. The fourth-order valence-corrected chi connectivity index (χ4v) is 2.32. The lowest BCUT2D eigenvalue weighted by Crippen LogP contribution is -2.45. The minimum atomic E-state index is -0.0365. The smallest absolute Gasteiger partial charge is 0.317 e. The fraction of sp³-hybridized carbons (Fsp3) is 0.533. The number of anilines is 1. The molecule has 1 saturated heterocycles. The van der Waals surface area contributed by atoms with Gasteiger partial charge in [-0.05, 0) is 24.5 Å². The summed E-state index contributed by atoms with van der Waals surface area (Å²) in [5, 5.41) is 3.02. The van der Waals surface area contributed by atoms with Gasteiger partial charge in [0.15, 0.2) is 0 Å². The van der Waals surface area contributed by atoms with Crippen molar-refractivity contribution in [3.8, 4) is 0 Å². The maximum atomic E-state index is 12.3. The number of carbonyl (C=O) groups excluding carboxylic acids is 1. The number of hydrogen-bond donors (Lipinski definition) is 2. The van der Waals surface area contributed by atoms with Crippen molar-refractivity contribution in [2.45, 2.75) is 32.4 Å². The number of urea groups is 1. The number of para-hydroxylation sites is 1. The third-order valence-corrected chi connectivity index (χ3v) is 3.45.